The van der Waals surface area contributed by atoms with Crippen LogP contribution in [0.25, 0.3) is 0 Å². The molecule has 16 heavy (non-hydrogen) atoms. The Bertz CT molecular complexity index is 316. The third kappa shape index (κ3) is 3.97. The van der Waals surface area contributed by atoms with Crippen molar-refractivity contribution in [2.24, 2.45) is 5.92 Å². The van der Waals surface area contributed by atoms with Gasteiger partial charge in [0.1, 0.15) is 0 Å². The second-order valence-corrected chi connectivity index (χ2v) is 5.21. The van der Waals surface area contributed by atoms with Crippen LogP contribution < -0.4 is 0 Å². The minimum Gasteiger partial charge on any atom is -0.385 e. The highest BCUT2D eigenvalue weighted by Crippen LogP contribution is 2.31. The van der Waals surface area contributed by atoms with Gasteiger partial charge in [0.15, 0.2) is 0 Å². The number of ether oxygens (including phenoxy) is 1. The average molecular weight is 261 g/mol. The van der Waals surface area contributed by atoms with E-state index >= 15 is 0 Å². The summed E-state index contributed by atoms with van der Waals surface area (Å²) in [6.07, 6.45) is 0.991. The Hall–Kier alpha value is -0.240. The van der Waals surface area contributed by atoms with E-state index in [0.29, 0.717) is 21.9 Å². The van der Waals surface area contributed by atoms with Crippen LogP contribution in [0.15, 0.2) is 18.2 Å². The van der Waals surface area contributed by atoms with Gasteiger partial charge in [0.25, 0.3) is 0 Å². The summed E-state index contributed by atoms with van der Waals surface area (Å²) in [7, 11) is 1.72. The topological polar surface area (TPSA) is 9.23 Å². The van der Waals surface area contributed by atoms with Crippen LogP contribution in [-0.2, 0) is 4.74 Å². The maximum absolute atomic E-state index is 6.02. The van der Waals surface area contributed by atoms with Gasteiger partial charge in [-0.3, -0.25) is 0 Å². The lowest BCUT2D eigenvalue weighted by atomic mass is 9.86. The van der Waals surface area contributed by atoms with Crippen LogP contribution in [0.3, 0.4) is 0 Å². The molecular formula is C13H18Cl2O. The van der Waals surface area contributed by atoms with Gasteiger partial charge in [0.05, 0.1) is 0 Å². The summed E-state index contributed by atoms with van der Waals surface area (Å²) in [5.41, 5.74) is 1.20. The molecule has 0 saturated heterocycles. The summed E-state index contributed by atoms with van der Waals surface area (Å²) in [5, 5.41) is 1.40. The predicted molar refractivity (Wildman–Crippen MR) is 70.5 cm³/mol. The molecule has 1 nitrogen and oxygen atoms in total. The van der Waals surface area contributed by atoms with Crippen molar-refractivity contribution in [3.63, 3.8) is 0 Å². The lowest BCUT2D eigenvalue weighted by Gasteiger charge is -2.21. The van der Waals surface area contributed by atoms with E-state index in [0.717, 1.165) is 13.0 Å². The maximum Gasteiger partial charge on any atom is 0.0468 e. The van der Waals surface area contributed by atoms with E-state index in [9.17, 15) is 0 Å². The fourth-order valence-corrected chi connectivity index (χ4v) is 2.46. The standard InChI is InChI=1S/C13H18Cl2O/c1-9(2)13(4-5-16-3)10-6-11(14)8-12(15)7-10/h6-9,13H,4-5H2,1-3H3/t13-/m1/s1. The molecule has 3 heteroatoms. The molecule has 0 N–H and O–H groups in total. The molecule has 0 spiro atoms. The van der Waals surface area contributed by atoms with Gasteiger partial charge in [0.2, 0.25) is 0 Å². The molecule has 1 atom stereocenters. The normalized spacial score (nSPS) is 13.1. The van der Waals surface area contributed by atoms with E-state index in [2.05, 4.69) is 13.8 Å². The van der Waals surface area contributed by atoms with Crippen molar-refractivity contribution >= 4 is 23.2 Å². The molecule has 1 rings (SSSR count). The summed E-state index contributed by atoms with van der Waals surface area (Å²) in [5.74, 6) is 0.987. The van der Waals surface area contributed by atoms with Crippen molar-refractivity contribution < 1.29 is 4.74 Å². The van der Waals surface area contributed by atoms with Gasteiger partial charge in [-0.1, -0.05) is 37.0 Å². The van der Waals surface area contributed by atoms with Gasteiger partial charge in [-0.25, -0.2) is 0 Å². The number of methoxy groups -OCH3 is 1. The zero-order chi connectivity index (χ0) is 12.1. The molecule has 0 aliphatic heterocycles. The van der Waals surface area contributed by atoms with Crippen LogP contribution in [-0.4, -0.2) is 13.7 Å². The van der Waals surface area contributed by atoms with Crippen LogP contribution in [0.2, 0.25) is 10.0 Å². The Kier molecular flexibility index (Phi) is 5.60. The SMILES string of the molecule is COCC[C@@H](c1cc(Cl)cc(Cl)c1)C(C)C. The van der Waals surface area contributed by atoms with Gasteiger partial charge in [-0.2, -0.15) is 0 Å². The highest BCUT2D eigenvalue weighted by Gasteiger charge is 2.16. The van der Waals surface area contributed by atoms with Crippen molar-refractivity contribution in [2.45, 2.75) is 26.2 Å². The highest BCUT2D eigenvalue weighted by molar-refractivity contribution is 6.34. The van der Waals surface area contributed by atoms with E-state index in [1.165, 1.54) is 5.56 Å². The monoisotopic (exact) mass is 260 g/mol. The Balaban J connectivity index is 2.91. The van der Waals surface area contributed by atoms with Crippen molar-refractivity contribution in [1.82, 2.24) is 0 Å². The summed E-state index contributed by atoms with van der Waals surface area (Å²) >= 11 is 12.0. The Morgan fingerprint density at radius 3 is 2.12 bits per heavy atom. The minimum absolute atomic E-state index is 0.441. The first-order valence-electron chi connectivity index (χ1n) is 5.49. The molecule has 0 aliphatic rings. The lowest BCUT2D eigenvalue weighted by Crippen LogP contribution is -2.09. The van der Waals surface area contributed by atoms with Crippen LogP contribution in [0, 0.1) is 5.92 Å². The molecule has 0 amide bonds. The van der Waals surface area contributed by atoms with Crippen LogP contribution in [0.4, 0.5) is 0 Å². The average Bonchev–Trinajstić information content (AvgIpc) is 2.16. The third-order valence-electron chi connectivity index (χ3n) is 2.75. The summed E-state index contributed by atoms with van der Waals surface area (Å²) in [6.45, 7) is 5.16. The van der Waals surface area contributed by atoms with Crippen LogP contribution in [0.1, 0.15) is 31.7 Å². The number of hydrogen-bond donors (Lipinski definition) is 0. The summed E-state index contributed by atoms with van der Waals surface area (Å²) < 4.78 is 5.14. The van der Waals surface area contributed by atoms with Crippen molar-refractivity contribution in [3.05, 3.63) is 33.8 Å². The molecule has 1 aromatic carbocycles. The van der Waals surface area contributed by atoms with E-state index in [-0.39, 0.29) is 0 Å². The first kappa shape index (κ1) is 13.8. The van der Waals surface area contributed by atoms with E-state index < -0.39 is 0 Å². The number of hydrogen-bond acceptors (Lipinski definition) is 1. The van der Waals surface area contributed by atoms with Crippen molar-refractivity contribution in [3.8, 4) is 0 Å². The molecule has 0 aliphatic carbocycles. The molecule has 0 fully saturated rings. The van der Waals surface area contributed by atoms with Gasteiger partial charge < -0.3 is 4.74 Å². The lowest BCUT2D eigenvalue weighted by molar-refractivity contribution is 0.181. The molecule has 1 aromatic rings. The Morgan fingerprint density at radius 2 is 1.69 bits per heavy atom. The molecule has 0 unspecified atom stereocenters. The Morgan fingerprint density at radius 1 is 1.12 bits per heavy atom. The van der Waals surface area contributed by atoms with Gasteiger partial charge in [0, 0.05) is 23.8 Å². The first-order valence-corrected chi connectivity index (χ1v) is 6.25. The second kappa shape index (κ2) is 6.48. The largest absolute Gasteiger partial charge is 0.385 e. The van der Waals surface area contributed by atoms with Crippen molar-refractivity contribution in [2.75, 3.05) is 13.7 Å². The van der Waals surface area contributed by atoms with E-state index in [1.807, 2.05) is 12.1 Å². The zero-order valence-corrected chi connectivity index (χ0v) is 11.5. The second-order valence-electron chi connectivity index (χ2n) is 4.33. The van der Waals surface area contributed by atoms with Gasteiger partial charge in [-0.05, 0) is 42.0 Å². The van der Waals surface area contributed by atoms with Gasteiger partial charge >= 0.3 is 0 Å². The molecule has 0 saturated carbocycles. The summed E-state index contributed by atoms with van der Waals surface area (Å²) in [6, 6.07) is 5.75. The first-order chi connectivity index (χ1) is 7.54. The molecule has 90 valence electrons. The predicted octanol–water partition coefficient (Wildman–Crippen LogP) is 4.77. The number of benzene rings is 1. The summed E-state index contributed by atoms with van der Waals surface area (Å²) in [4.78, 5) is 0. The van der Waals surface area contributed by atoms with E-state index in [1.54, 1.807) is 13.2 Å². The molecule has 0 bridgehead atoms. The number of halogens is 2. The Labute approximate surface area is 108 Å². The molecular weight excluding hydrogens is 243 g/mol. The maximum atomic E-state index is 6.02. The highest BCUT2D eigenvalue weighted by atomic mass is 35.5. The van der Waals surface area contributed by atoms with Crippen LogP contribution in [0.5, 0.6) is 0 Å². The van der Waals surface area contributed by atoms with Crippen LogP contribution >= 0.6 is 23.2 Å². The molecule has 0 heterocycles. The zero-order valence-electron chi connectivity index (χ0n) is 9.97. The van der Waals surface area contributed by atoms with E-state index in [4.69, 9.17) is 27.9 Å². The minimum atomic E-state index is 0.441. The fourth-order valence-electron chi connectivity index (χ4n) is 1.92. The quantitative estimate of drug-likeness (QED) is 0.741. The van der Waals surface area contributed by atoms with Crippen molar-refractivity contribution in [1.29, 1.82) is 0 Å². The fraction of sp³-hybridized carbons (Fsp3) is 0.538. The number of rotatable bonds is 5. The third-order valence-corrected chi connectivity index (χ3v) is 3.19. The molecule has 0 aromatic heterocycles. The van der Waals surface area contributed by atoms with Gasteiger partial charge in [-0.15, -0.1) is 0 Å². The molecule has 0 radical (unpaired) electrons. The smallest absolute Gasteiger partial charge is 0.0468 e.